The molecule has 112 valence electrons. The number of aliphatic carboxylic acids is 1. The maximum Gasteiger partial charge on any atom is 0.338 e. The van der Waals surface area contributed by atoms with Crippen LogP contribution >= 0.6 is 0 Å². The minimum atomic E-state index is -1.45. The van der Waals surface area contributed by atoms with Crippen molar-refractivity contribution < 1.29 is 33.7 Å². The zero-order valence-electron chi connectivity index (χ0n) is 10.7. The minimum absolute atomic E-state index is 0.0983. The number of hydrogen-bond donors (Lipinski definition) is 3. The Morgan fingerprint density at radius 3 is 2.43 bits per heavy atom. The molecule has 21 heavy (non-hydrogen) atoms. The number of nitrogens with one attached hydrogen (secondary N) is 1. The third-order valence-corrected chi connectivity index (χ3v) is 3.05. The van der Waals surface area contributed by atoms with Crippen LogP contribution in [0.25, 0.3) is 0 Å². The molecule has 2 rings (SSSR count). The molecule has 0 aromatic heterocycles. The normalized spacial score (nSPS) is 21.0. The van der Waals surface area contributed by atoms with Gasteiger partial charge in [-0.05, 0) is 31.0 Å². The molecule has 1 aromatic carbocycles. The first-order valence-corrected chi connectivity index (χ1v) is 6.10. The van der Waals surface area contributed by atoms with Gasteiger partial charge in [-0.15, -0.1) is 0 Å². The highest BCUT2D eigenvalue weighted by Gasteiger charge is 2.34. The Morgan fingerprint density at radius 2 is 1.86 bits per heavy atom. The molecule has 0 aliphatic carbocycles. The Kier molecular flexibility index (Phi) is 4.18. The largest absolute Gasteiger partial charge is 0.479 e. The lowest BCUT2D eigenvalue weighted by Gasteiger charge is -2.12. The highest BCUT2D eigenvalue weighted by Crippen LogP contribution is 2.22. The van der Waals surface area contributed by atoms with Gasteiger partial charge >= 0.3 is 11.9 Å². The number of benzene rings is 1. The van der Waals surface area contributed by atoms with Crippen LogP contribution in [0.15, 0.2) is 18.2 Å². The number of hydrogen-bond acceptors (Lipinski definition) is 4. The fourth-order valence-electron chi connectivity index (χ4n) is 2.00. The zero-order valence-corrected chi connectivity index (χ0v) is 10.7. The van der Waals surface area contributed by atoms with Gasteiger partial charge in [-0.2, -0.15) is 0 Å². The van der Waals surface area contributed by atoms with Gasteiger partial charge in [-0.3, -0.25) is 4.79 Å². The maximum absolute atomic E-state index is 13.2. The summed E-state index contributed by atoms with van der Waals surface area (Å²) in [6.07, 6.45) is -1.49. The van der Waals surface area contributed by atoms with Gasteiger partial charge in [0, 0.05) is 5.69 Å². The highest BCUT2D eigenvalue weighted by atomic mass is 19.1. The fourth-order valence-corrected chi connectivity index (χ4v) is 2.00. The molecule has 0 unspecified atom stereocenters. The van der Waals surface area contributed by atoms with Crippen molar-refractivity contribution in [3.05, 3.63) is 29.6 Å². The van der Waals surface area contributed by atoms with Crippen molar-refractivity contribution in [2.45, 2.75) is 25.0 Å². The van der Waals surface area contributed by atoms with Crippen LogP contribution in [0.1, 0.15) is 23.2 Å². The average Bonchev–Trinajstić information content (AvgIpc) is 2.90. The van der Waals surface area contributed by atoms with Gasteiger partial charge < -0.3 is 20.3 Å². The molecule has 1 aliphatic heterocycles. The van der Waals surface area contributed by atoms with Crippen LogP contribution < -0.4 is 5.32 Å². The van der Waals surface area contributed by atoms with Crippen LogP contribution in [0.2, 0.25) is 0 Å². The smallest absolute Gasteiger partial charge is 0.338 e. The van der Waals surface area contributed by atoms with Gasteiger partial charge in [0.25, 0.3) is 5.91 Å². The number of ether oxygens (including phenoxy) is 1. The molecule has 1 saturated heterocycles. The third-order valence-electron chi connectivity index (χ3n) is 3.05. The molecular weight excluding hydrogens is 285 g/mol. The molecule has 0 bridgehead atoms. The molecule has 8 heteroatoms. The van der Waals surface area contributed by atoms with E-state index in [0.717, 1.165) is 12.1 Å². The summed E-state index contributed by atoms with van der Waals surface area (Å²) in [5.41, 5.74) is -0.468. The molecule has 2 atom stereocenters. The summed E-state index contributed by atoms with van der Waals surface area (Å²) in [5, 5.41) is 19.9. The molecule has 0 spiro atoms. The number of aromatic carboxylic acids is 1. The second-order valence-corrected chi connectivity index (χ2v) is 4.52. The van der Waals surface area contributed by atoms with E-state index in [1.54, 1.807) is 0 Å². The van der Waals surface area contributed by atoms with Crippen LogP contribution in [0.5, 0.6) is 0 Å². The summed E-state index contributed by atoms with van der Waals surface area (Å²) in [7, 11) is 0. The van der Waals surface area contributed by atoms with E-state index in [9.17, 15) is 18.8 Å². The van der Waals surface area contributed by atoms with Gasteiger partial charge in [0.2, 0.25) is 0 Å². The lowest BCUT2D eigenvalue weighted by atomic mass is 10.1. The minimum Gasteiger partial charge on any atom is -0.479 e. The van der Waals surface area contributed by atoms with Gasteiger partial charge in [0.15, 0.2) is 6.10 Å². The van der Waals surface area contributed by atoms with E-state index in [2.05, 4.69) is 5.32 Å². The summed E-state index contributed by atoms with van der Waals surface area (Å²) in [6, 6.07) is 3.12. The van der Waals surface area contributed by atoms with Crippen molar-refractivity contribution in [3.8, 4) is 0 Å². The first-order chi connectivity index (χ1) is 9.88. The molecule has 0 saturated carbocycles. The Labute approximate surface area is 118 Å². The summed E-state index contributed by atoms with van der Waals surface area (Å²) < 4.78 is 18.3. The van der Waals surface area contributed by atoms with Crippen molar-refractivity contribution >= 4 is 23.5 Å². The van der Waals surface area contributed by atoms with Crippen LogP contribution in [-0.4, -0.2) is 40.3 Å². The number of halogens is 1. The number of anilines is 1. The molecular formula is C13H12FNO6. The van der Waals surface area contributed by atoms with Crippen molar-refractivity contribution in [2.24, 2.45) is 0 Å². The van der Waals surface area contributed by atoms with Gasteiger partial charge in [-0.25, -0.2) is 14.0 Å². The number of amides is 1. The van der Waals surface area contributed by atoms with Crippen molar-refractivity contribution in [1.82, 2.24) is 0 Å². The summed E-state index contributed by atoms with van der Waals surface area (Å²) in [6.45, 7) is 0. The van der Waals surface area contributed by atoms with E-state index < -0.39 is 41.4 Å². The first kappa shape index (κ1) is 14.9. The van der Waals surface area contributed by atoms with Crippen molar-refractivity contribution in [3.63, 3.8) is 0 Å². The van der Waals surface area contributed by atoms with Crippen LogP contribution in [0.4, 0.5) is 10.1 Å². The lowest BCUT2D eigenvalue weighted by Crippen LogP contribution is -2.30. The van der Waals surface area contributed by atoms with Gasteiger partial charge in [-0.1, -0.05) is 0 Å². The van der Waals surface area contributed by atoms with Crippen LogP contribution in [0.3, 0.4) is 0 Å². The molecule has 1 fully saturated rings. The van der Waals surface area contributed by atoms with Crippen LogP contribution in [-0.2, 0) is 14.3 Å². The van der Waals surface area contributed by atoms with E-state index in [1.165, 1.54) is 6.07 Å². The Bertz CT molecular complexity index is 602. The molecule has 1 heterocycles. The van der Waals surface area contributed by atoms with Crippen LogP contribution in [0, 0.1) is 5.82 Å². The second kappa shape index (κ2) is 5.88. The number of carbonyl (C=O) groups excluding carboxylic acids is 1. The number of carboxylic acids is 2. The Morgan fingerprint density at radius 1 is 1.19 bits per heavy atom. The average molecular weight is 297 g/mol. The van der Waals surface area contributed by atoms with E-state index in [4.69, 9.17) is 14.9 Å². The maximum atomic E-state index is 13.2. The topological polar surface area (TPSA) is 113 Å². The Hall–Kier alpha value is -2.48. The van der Waals surface area contributed by atoms with Crippen molar-refractivity contribution in [1.29, 1.82) is 0 Å². The zero-order chi connectivity index (χ0) is 15.6. The predicted molar refractivity (Wildman–Crippen MR) is 67.5 cm³/mol. The molecule has 1 amide bonds. The Balaban J connectivity index is 2.05. The van der Waals surface area contributed by atoms with Gasteiger partial charge in [0.05, 0.1) is 5.56 Å². The molecule has 7 nitrogen and oxygen atoms in total. The van der Waals surface area contributed by atoms with E-state index in [1.807, 2.05) is 0 Å². The molecule has 3 N–H and O–H groups in total. The SMILES string of the molecule is O=C(O)c1cc(NC(=O)[C@@H]2CC[C@H](C(=O)O)O2)ccc1F. The molecule has 1 aliphatic rings. The van der Waals surface area contributed by atoms with Crippen molar-refractivity contribution in [2.75, 3.05) is 5.32 Å². The quantitative estimate of drug-likeness (QED) is 0.767. The van der Waals surface area contributed by atoms with E-state index in [-0.39, 0.29) is 18.5 Å². The van der Waals surface area contributed by atoms with E-state index in [0.29, 0.717) is 0 Å². The summed E-state index contributed by atoms with van der Waals surface area (Å²) >= 11 is 0. The molecule has 1 aromatic rings. The second-order valence-electron chi connectivity index (χ2n) is 4.52. The fraction of sp³-hybridized carbons (Fsp3) is 0.308. The summed E-state index contributed by atoms with van der Waals surface area (Å²) in [4.78, 5) is 33.4. The highest BCUT2D eigenvalue weighted by molar-refractivity contribution is 5.96. The predicted octanol–water partition coefficient (Wildman–Crippen LogP) is 1.09. The number of carboxylic acid groups (broad SMARTS) is 2. The number of carbonyl (C=O) groups is 3. The van der Waals surface area contributed by atoms with E-state index >= 15 is 0 Å². The third kappa shape index (κ3) is 3.34. The lowest BCUT2D eigenvalue weighted by molar-refractivity contribution is -0.150. The molecule has 0 radical (unpaired) electrons. The van der Waals surface area contributed by atoms with Gasteiger partial charge in [0.1, 0.15) is 11.9 Å². The first-order valence-electron chi connectivity index (χ1n) is 6.10. The monoisotopic (exact) mass is 297 g/mol. The number of rotatable bonds is 4. The standard InChI is InChI=1S/C13H12FNO6/c14-8-2-1-6(5-7(8)12(17)18)15-11(16)9-3-4-10(21-9)13(19)20/h1-2,5,9-10H,3-4H2,(H,15,16)(H,17,18)(H,19,20)/t9-,10+/m0/s1. The summed E-state index contributed by atoms with van der Waals surface area (Å²) in [5.74, 6) is -4.10.